The SMILES string of the molecule is CC(=O)OC[C@H]1O[C@@H](S[C@@H]2CO[C@@H](Oc3ccc([N+](=O)[O-])cc3)[C@H](OC(C)=O)[C@H]2OC(C)=O)[C@H](OC(C)=O)[C@@H](OC(C)=O)[C@@H]1OC(C)=O. The van der Waals surface area contributed by atoms with Crippen molar-refractivity contribution in [1.29, 1.82) is 0 Å². The molecule has 0 spiro atoms. The second-order valence-corrected chi connectivity index (χ2v) is 11.8. The van der Waals surface area contributed by atoms with Crippen molar-refractivity contribution < 1.29 is 76.3 Å². The van der Waals surface area contributed by atoms with Crippen LogP contribution in [0.5, 0.6) is 5.75 Å². The molecule has 0 amide bonds. The first-order valence-electron chi connectivity index (χ1n) is 14.4. The Labute approximate surface area is 278 Å². The standard InChI is InChI=1S/C29H35NO17S/c1-13(31)39-11-21-23(41-14(2)32)25(43-16(4)34)27(45-18(6)36)29(47-21)48-22-12-40-28(26(44-17(5)35)24(22)42-15(3)33)46-20-9-7-19(8-10-20)30(37)38/h7-10,21-29H,11-12H2,1-6H3/t21-,22-,23-,24+,25+,26-,27-,28+,29+/m1/s1. The minimum absolute atomic E-state index is 0.106. The van der Waals surface area contributed by atoms with E-state index in [1.54, 1.807) is 0 Å². The lowest BCUT2D eigenvalue weighted by Crippen LogP contribution is -2.63. The van der Waals surface area contributed by atoms with Gasteiger partial charge in [0.25, 0.3) is 5.69 Å². The minimum Gasteiger partial charge on any atom is -0.463 e. The Balaban J connectivity index is 2.00. The van der Waals surface area contributed by atoms with Crippen molar-refractivity contribution >= 4 is 53.3 Å². The van der Waals surface area contributed by atoms with Crippen LogP contribution >= 0.6 is 11.8 Å². The summed E-state index contributed by atoms with van der Waals surface area (Å²) in [6.45, 7) is 5.87. The maximum atomic E-state index is 12.3. The van der Waals surface area contributed by atoms with Gasteiger partial charge in [-0.3, -0.25) is 38.9 Å². The normalized spacial score (nSPS) is 28.2. The molecule has 2 aliphatic heterocycles. The van der Waals surface area contributed by atoms with E-state index in [4.69, 9.17) is 42.6 Å². The highest BCUT2D eigenvalue weighted by molar-refractivity contribution is 8.00. The predicted molar refractivity (Wildman–Crippen MR) is 158 cm³/mol. The van der Waals surface area contributed by atoms with Gasteiger partial charge in [-0.15, -0.1) is 11.8 Å². The predicted octanol–water partition coefficient (Wildman–Crippen LogP) is 1.38. The van der Waals surface area contributed by atoms with Gasteiger partial charge in [-0.2, -0.15) is 0 Å². The van der Waals surface area contributed by atoms with Gasteiger partial charge in [0.05, 0.1) is 16.8 Å². The maximum Gasteiger partial charge on any atom is 0.303 e. The fourth-order valence-electron chi connectivity index (χ4n) is 4.86. The van der Waals surface area contributed by atoms with Crippen molar-refractivity contribution in [3.8, 4) is 5.75 Å². The van der Waals surface area contributed by atoms with Gasteiger partial charge in [0.15, 0.2) is 24.4 Å². The molecule has 2 saturated heterocycles. The summed E-state index contributed by atoms with van der Waals surface area (Å²) in [4.78, 5) is 83.1. The van der Waals surface area contributed by atoms with Crippen molar-refractivity contribution in [2.75, 3.05) is 13.2 Å². The monoisotopic (exact) mass is 701 g/mol. The number of benzene rings is 1. The van der Waals surface area contributed by atoms with Crippen LogP contribution in [-0.2, 0) is 66.7 Å². The van der Waals surface area contributed by atoms with Crippen molar-refractivity contribution in [3.63, 3.8) is 0 Å². The molecule has 1 aromatic carbocycles. The van der Waals surface area contributed by atoms with Crippen LogP contribution in [0.15, 0.2) is 24.3 Å². The van der Waals surface area contributed by atoms with Crippen LogP contribution < -0.4 is 4.74 Å². The van der Waals surface area contributed by atoms with Crippen LogP contribution in [0.3, 0.4) is 0 Å². The summed E-state index contributed by atoms with van der Waals surface area (Å²) in [5.74, 6) is -4.62. The van der Waals surface area contributed by atoms with Gasteiger partial charge in [0, 0.05) is 53.7 Å². The summed E-state index contributed by atoms with van der Waals surface area (Å²) in [5, 5.41) is 10.1. The summed E-state index contributed by atoms with van der Waals surface area (Å²) in [6.07, 6.45) is -9.60. The molecule has 1 aromatic rings. The molecule has 2 fully saturated rings. The third kappa shape index (κ3) is 10.8. The zero-order valence-electron chi connectivity index (χ0n) is 26.7. The Morgan fingerprint density at radius 2 is 1.23 bits per heavy atom. The Morgan fingerprint density at radius 3 is 1.75 bits per heavy atom. The third-order valence-electron chi connectivity index (χ3n) is 6.54. The highest BCUT2D eigenvalue weighted by Gasteiger charge is 2.55. The lowest BCUT2D eigenvalue weighted by molar-refractivity contribution is -0.384. The summed E-state index contributed by atoms with van der Waals surface area (Å²) in [6, 6.07) is 4.97. The largest absolute Gasteiger partial charge is 0.463 e. The number of hydrogen-bond acceptors (Lipinski definition) is 18. The van der Waals surface area contributed by atoms with Gasteiger partial charge < -0.3 is 42.6 Å². The average molecular weight is 702 g/mol. The van der Waals surface area contributed by atoms with Gasteiger partial charge in [0.2, 0.25) is 12.4 Å². The van der Waals surface area contributed by atoms with E-state index in [1.807, 2.05) is 0 Å². The number of esters is 6. The molecule has 3 rings (SSSR count). The molecule has 0 saturated carbocycles. The molecule has 0 unspecified atom stereocenters. The van der Waals surface area contributed by atoms with Gasteiger partial charge in [-0.05, 0) is 12.1 Å². The molecule has 0 N–H and O–H groups in total. The lowest BCUT2D eigenvalue weighted by atomic mass is 9.99. The zero-order valence-corrected chi connectivity index (χ0v) is 27.5. The van der Waals surface area contributed by atoms with Gasteiger partial charge in [-0.1, -0.05) is 0 Å². The van der Waals surface area contributed by atoms with Gasteiger partial charge in [0.1, 0.15) is 23.9 Å². The number of carbonyl (C=O) groups is 6. The summed E-state index contributed by atoms with van der Waals surface area (Å²) < 4.78 is 50.4. The van der Waals surface area contributed by atoms with Crippen LogP contribution in [-0.4, -0.2) is 108 Å². The number of nitrogens with zero attached hydrogens (tertiary/aromatic N) is 1. The molecule has 0 bridgehead atoms. The van der Waals surface area contributed by atoms with Crippen molar-refractivity contribution in [1.82, 2.24) is 0 Å². The van der Waals surface area contributed by atoms with Crippen LogP contribution in [0.25, 0.3) is 0 Å². The fraction of sp³-hybridized carbons (Fsp3) is 0.586. The van der Waals surface area contributed by atoms with Gasteiger partial charge in [-0.25, -0.2) is 0 Å². The molecule has 0 aliphatic carbocycles. The number of carbonyl (C=O) groups excluding carboxylic acids is 6. The molecule has 0 aromatic heterocycles. The number of thioether (sulfide) groups is 1. The molecule has 48 heavy (non-hydrogen) atoms. The molecule has 9 atom stereocenters. The Hall–Kier alpha value is -4.49. The molecular formula is C29H35NO17S. The Kier molecular flexibility index (Phi) is 13.5. The first-order chi connectivity index (χ1) is 22.5. The number of nitro benzene ring substituents is 1. The molecule has 2 heterocycles. The molecule has 2 aliphatic rings. The topological polar surface area (TPSA) is 229 Å². The zero-order chi connectivity index (χ0) is 35.7. The van der Waals surface area contributed by atoms with Crippen LogP contribution in [0.1, 0.15) is 41.5 Å². The number of rotatable bonds is 12. The highest BCUT2D eigenvalue weighted by Crippen LogP contribution is 2.40. The third-order valence-corrected chi connectivity index (χ3v) is 7.95. The molecule has 264 valence electrons. The Bertz CT molecular complexity index is 1370. The lowest BCUT2D eigenvalue weighted by Gasteiger charge is -2.46. The number of ether oxygens (including phenoxy) is 9. The van der Waals surface area contributed by atoms with Crippen molar-refractivity contribution in [2.45, 2.75) is 95.1 Å². The van der Waals surface area contributed by atoms with E-state index in [2.05, 4.69) is 0 Å². The van der Waals surface area contributed by atoms with E-state index in [0.717, 1.165) is 53.3 Å². The van der Waals surface area contributed by atoms with Crippen molar-refractivity contribution in [3.05, 3.63) is 34.4 Å². The van der Waals surface area contributed by atoms with Gasteiger partial charge >= 0.3 is 35.8 Å². The minimum atomic E-state index is -1.46. The molecular weight excluding hydrogens is 666 g/mol. The fourth-order valence-corrected chi connectivity index (χ4v) is 6.30. The summed E-state index contributed by atoms with van der Waals surface area (Å²) in [7, 11) is 0. The van der Waals surface area contributed by atoms with E-state index >= 15 is 0 Å². The molecule has 18 nitrogen and oxygen atoms in total. The van der Waals surface area contributed by atoms with E-state index in [1.165, 1.54) is 24.3 Å². The summed E-state index contributed by atoms with van der Waals surface area (Å²) in [5.41, 5.74) is -1.48. The second kappa shape index (κ2) is 17.1. The quantitative estimate of drug-likeness (QED) is 0.130. The van der Waals surface area contributed by atoms with E-state index in [9.17, 15) is 38.9 Å². The molecule has 0 radical (unpaired) electrons. The number of hydrogen-bond donors (Lipinski definition) is 0. The average Bonchev–Trinajstić information content (AvgIpc) is 2.97. The van der Waals surface area contributed by atoms with E-state index < -0.39 is 101 Å². The van der Waals surface area contributed by atoms with E-state index in [0.29, 0.717) is 0 Å². The second-order valence-electron chi connectivity index (χ2n) is 10.5. The van der Waals surface area contributed by atoms with Crippen LogP contribution in [0.4, 0.5) is 5.69 Å². The highest BCUT2D eigenvalue weighted by atomic mass is 32.2. The first kappa shape index (κ1) is 38.0. The Morgan fingerprint density at radius 1 is 0.729 bits per heavy atom. The first-order valence-corrected chi connectivity index (χ1v) is 15.3. The van der Waals surface area contributed by atoms with E-state index in [-0.39, 0.29) is 18.0 Å². The smallest absolute Gasteiger partial charge is 0.303 e. The van der Waals surface area contributed by atoms with Crippen LogP contribution in [0.2, 0.25) is 0 Å². The van der Waals surface area contributed by atoms with Crippen molar-refractivity contribution in [2.24, 2.45) is 0 Å². The molecule has 19 heteroatoms. The van der Waals surface area contributed by atoms with Crippen LogP contribution in [0, 0.1) is 10.1 Å². The number of non-ortho nitro benzene ring substituents is 1. The summed E-state index contributed by atoms with van der Waals surface area (Å²) >= 11 is 0.880. The number of nitro groups is 1. The maximum absolute atomic E-state index is 12.3.